The first kappa shape index (κ1) is 16.1. The number of hydrogen-bond acceptors (Lipinski definition) is 4. The van der Waals surface area contributed by atoms with Crippen molar-refractivity contribution in [2.24, 2.45) is 7.05 Å². The average molecular weight is 326 g/mol. The molecule has 2 N–H and O–H groups in total. The molecule has 0 spiro atoms. The fraction of sp³-hybridized carbons (Fsp3) is 0.214. The number of aliphatic hydroxyl groups excluding tert-OH is 1. The molecule has 1 unspecified atom stereocenters. The van der Waals surface area contributed by atoms with E-state index >= 15 is 0 Å². The Balaban J connectivity index is 2.21. The Morgan fingerprint density at radius 2 is 2.18 bits per heavy atom. The average Bonchev–Trinajstić information content (AvgIpc) is 2.50. The molecule has 1 atom stereocenters. The maximum Gasteiger partial charge on any atom is 0.272 e. The van der Waals surface area contributed by atoms with Crippen LogP contribution in [0.2, 0.25) is 5.02 Å². The molecule has 0 bridgehead atoms. The van der Waals surface area contributed by atoms with E-state index in [1.807, 2.05) is 0 Å². The molecule has 22 heavy (non-hydrogen) atoms. The summed E-state index contributed by atoms with van der Waals surface area (Å²) in [6, 6.07) is 5.63. The molecule has 1 aromatic carbocycles. The van der Waals surface area contributed by atoms with Crippen LogP contribution in [0.1, 0.15) is 22.1 Å². The summed E-state index contributed by atoms with van der Waals surface area (Å²) in [4.78, 5) is 23.3. The maximum atomic E-state index is 13.5. The zero-order valence-corrected chi connectivity index (χ0v) is 12.3. The van der Waals surface area contributed by atoms with Gasteiger partial charge in [0.15, 0.2) is 0 Å². The van der Waals surface area contributed by atoms with E-state index in [4.69, 9.17) is 11.6 Å². The number of rotatable bonds is 4. The smallest absolute Gasteiger partial charge is 0.272 e. The van der Waals surface area contributed by atoms with Crippen molar-refractivity contribution in [2.75, 3.05) is 6.61 Å². The van der Waals surface area contributed by atoms with Gasteiger partial charge in [0.1, 0.15) is 11.5 Å². The Bertz CT molecular complexity index is 763. The van der Waals surface area contributed by atoms with Gasteiger partial charge in [0.2, 0.25) is 0 Å². The number of nitrogens with one attached hydrogen (secondary N) is 1. The third kappa shape index (κ3) is 3.49. The minimum Gasteiger partial charge on any atom is -0.394 e. The summed E-state index contributed by atoms with van der Waals surface area (Å²) in [6.45, 7) is -0.432. The molecule has 1 aromatic heterocycles. The van der Waals surface area contributed by atoms with E-state index in [2.05, 4.69) is 10.4 Å². The summed E-state index contributed by atoms with van der Waals surface area (Å²) in [7, 11) is 1.41. The lowest BCUT2D eigenvalue weighted by Gasteiger charge is -2.17. The van der Waals surface area contributed by atoms with Crippen LogP contribution in [-0.4, -0.2) is 27.4 Å². The zero-order valence-electron chi connectivity index (χ0n) is 11.6. The molecule has 0 saturated heterocycles. The van der Waals surface area contributed by atoms with Crippen molar-refractivity contribution in [2.45, 2.75) is 6.04 Å². The number of carbonyl (C=O) groups is 1. The molecule has 116 valence electrons. The van der Waals surface area contributed by atoms with Crippen molar-refractivity contribution in [1.29, 1.82) is 0 Å². The maximum absolute atomic E-state index is 13.5. The van der Waals surface area contributed by atoms with Crippen LogP contribution < -0.4 is 10.9 Å². The van der Waals surface area contributed by atoms with Crippen molar-refractivity contribution >= 4 is 17.5 Å². The summed E-state index contributed by atoms with van der Waals surface area (Å²) in [5.41, 5.74) is 0.0209. The van der Waals surface area contributed by atoms with E-state index in [0.29, 0.717) is 5.56 Å². The highest BCUT2D eigenvalue weighted by Gasteiger charge is 2.17. The van der Waals surface area contributed by atoms with E-state index in [1.54, 1.807) is 0 Å². The Kier molecular flexibility index (Phi) is 4.89. The van der Waals surface area contributed by atoms with Crippen LogP contribution in [0.3, 0.4) is 0 Å². The number of hydrogen-bond donors (Lipinski definition) is 2. The Labute approximate surface area is 130 Å². The van der Waals surface area contributed by atoms with Gasteiger partial charge in [-0.05, 0) is 23.8 Å². The molecule has 1 heterocycles. The SMILES string of the molecule is Cn1nc(C(=O)NC(CO)c2ccc(Cl)c(F)c2)ccc1=O. The molecule has 0 radical (unpaired) electrons. The molecule has 1 amide bonds. The van der Waals surface area contributed by atoms with Crippen LogP contribution in [0.15, 0.2) is 35.1 Å². The number of halogens is 2. The highest BCUT2D eigenvalue weighted by atomic mass is 35.5. The monoisotopic (exact) mass is 325 g/mol. The van der Waals surface area contributed by atoms with Gasteiger partial charge in [-0.1, -0.05) is 17.7 Å². The number of carbonyl (C=O) groups excluding carboxylic acids is 1. The lowest BCUT2D eigenvalue weighted by molar-refractivity contribution is 0.0908. The predicted molar refractivity (Wildman–Crippen MR) is 78.2 cm³/mol. The largest absolute Gasteiger partial charge is 0.394 e. The molecule has 0 aliphatic carbocycles. The van der Waals surface area contributed by atoms with Crippen LogP contribution in [0, 0.1) is 5.82 Å². The first-order valence-corrected chi connectivity index (χ1v) is 6.71. The zero-order chi connectivity index (χ0) is 16.3. The first-order chi connectivity index (χ1) is 10.4. The second-order valence-corrected chi connectivity index (χ2v) is 4.97. The number of aromatic nitrogens is 2. The van der Waals surface area contributed by atoms with Crippen LogP contribution in [0.5, 0.6) is 0 Å². The summed E-state index contributed by atoms with van der Waals surface area (Å²) in [5, 5.41) is 15.7. The summed E-state index contributed by atoms with van der Waals surface area (Å²) in [6.07, 6.45) is 0. The molecular formula is C14H13ClFN3O3. The second-order valence-electron chi connectivity index (χ2n) is 4.56. The van der Waals surface area contributed by atoms with Gasteiger partial charge in [-0.2, -0.15) is 5.10 Å². The van der Waals surface area contributed by atoms with Gasteiger partial charge in [-0.15, -0.1) is 0 Å². The van der Waals surface area contributed by atoms with Crippen LogP contribution >= 0.6 is 11.6 Å². The molecule has 8 heteroatoms. The van der Waals surface area contributed by atoms with Crippen molar-refractivity contribution in [1.82, 2.24) is 15.1 Å². The molecule has 2 aromatic rings. The minimum absolute atomic E-state index is 0.00925. The number of aryl methyl sites for hydroxylation is 1. The van der Waals surface area contributed by atoms with Gasteiger partial charge in [0, 0.05) is 13.1 Å². The first-order valence-electron chi connectivity index (χ1n) is 6.33. The van der Waals surface area contributed by atoms with Crippen LogP contribution in [-0.2, 0) is 7.05 Å². The lowest BCUT2D eigenvalue weighted by Crippen LogP contribution is -2.33. The quantitative estimate of drug-likeness (QED) is 0.879. The van der Waals surface area contributed by atoms with E-state index in [0.717, 1.165) is 10.7 Å². The summed E-state index contributed by atoms with van der Waals surface area (Å²) >= 11 is 5.60. The molecule has 0 saturated carbocycles. The third-order valence-corrected chi connectivity index (χ3v) is 3.33. The number of benzene rings is 1. The van der Waals surface area contributed by atoms with Crippen molar-refractivity contribution in [3.05, 3.63) is 62.8 Å². The molecule has 0 aliphatic heterocycles. The Morgan fingerprint density at radius 1 is 1.45 bits per heavy atom. The highest BCUT2D eigenvalue weighted by molar-refractivity contribution is 6.30. The van der Waals surface area contributed by atoms with Crippen molar-refractivity contribution in [3.8, 4) is 0 Å². The molecule has 0 aliphatic rings. The van der Waals surface area contributed by atoms with Crippen molar-refractivity contribution in [3.63, 3.8) is 0 Å². The summed E-state index contributed by atoms with van der Waals surface area (Å²) < 4.78 is 14.5. The minimum atomic E-state index is -0.821. The van der Waals surface area contributed by atoms with Gasteiger partial charge in [-0.25, -0.2) is 9.07 Å². The van der Waals surface area contributed by atoms with Crippen molar-refractivity contribution < 1.29 is 14.3 Å². The molecular weight excluding hydrogens is 313 g/mol. The van der Waals surface area contributed by atoms with Gasteiger partial charge in [0.05, 0.1) is 17.7 Å². The van der Waals surface area contributed by atoms with E-state index in [9.17, 15) is 19.1 Å². The van der Waals surface area contributed by atoms with E-state index in [1.165, 1.54) is 31.3 Å². The topological polar surface area (TPSA) is 84.2 Å². The fourth-order valence-electron chi connectivity index (χ4n) is 1.82. The third-order valence-electron chi connectivity index (χ3n) is 3.03. The predicted octanol–water partition coefficient (Wildman–Crippen LogP) is 1.04. The Morgan fingerprint density at radius 3 is 2.77 bits per heavy atom. The molecule has 6 nitrogen and oxygen atoms in total. The lowest BCUT2D eigenvalue weighted by atomic mass is 10.1. The van der Waals surface area contributed by atoms with Gasteiger partial charge in [-0.3, -0.25) is 9.59 Å². The highest BCUT2D eigenvalue weighted by Crippen LogP contribution is 2.20. The van der Waals surface area contributed by atoms with Crippen LogP contribution in [0.25, 0.3) is 0 Å². The number of amides is 1. The van der Waals surface area contributed by atoms with Gasteiger partial charge >= 0.3 is 0 Å². The van der Waals surface area contributed by atoms with Gasteiger partial charge in [0.25, 0.3) is 11.5 Å². The number of nitrogens with zero attached hydrogens (tertiary/aromatic N) is 2. The Hall–Kier alpha value is -2.25. The molecule has 0 fully saturated rings. The number of aliphatic hydroxyl groups is 1. The van der Waals surface area contributed by atoms with E-state index < -0.39 is 24.4 Å². The normalized spacial score (nSPS) is 12.0. The standard InChI is InChI=1S/C14H13ClFN3O3/c1-19-13(21)5-4-11(18-19)14(22)17-12(7-20)8-2-3-9(15)10(16)6-8/h2-6,12,20H,7H2,1H3,(H,17,22). The fourth-order valence-corrected chi connectivity index (χ4v) is 1.94. The van der Waals surface area contributed by atoms with E-state index in [-0.39, 0.29) is 16.3 Å². The van der Waals surface area contributed by atoms with Crippen LogP contribution in [0.4, 0.5) is 4.39 Å². The van der Waals surface area contributed by atoms with Gasteiger partial charge < -0.3 is 10.4 Å². The molecule has 2 rings (SSSR count). The summed E-state index contributed by atoms with van der Waals surface area (Å²) in [5.74, 6) is -1.24. The second kappa shape index (κ2) is 6.67.